The van der Waals surface area contributed by atoms with Crippen molar-refractivity contribution in [2.75, 3.05) is 19.7 Å². The van der Waals surface area contributed by atoms with E-state index in [1.54, 1.807) is 16.4 Å². The lowest BCUT2D eigenvalue weighted by atomic mass is 10.1. The fourth-order valence-electron chi connectivity index (χ4n) is 2.73. The number of hydrogen-bond acceptors (Lipinski definition) is 3. The molecular weight excluding hydrogens is 286 g/mol. The van der Waals surface area contributed by atoms with Gasteiger partial charge in [-0.1, -0.05) is 36.4 Å². The Hall–Kier alpha value is -1.43. The van der Waals surface area contributed by atoms with Crippen LogP contribution in [-0.4, -0.2) is 38.5 Å². The van der Waals surface area contributed by atoms with Crippen LogP contribution >= 0.6 is 0 Å². The van der Waals surface area contributed by atoms with Crippen LogP contribution in [0.1, 0.15) is 13.3 Å². The lowest BCUT2D eigenvalue weighted by molar-refractivity contribution is 0.0752. The molecule has 1 atom stereocenters. The first kappa shape index (κ1) is 14.5. The molecule has 1 aliphatic heterocycles. The van der Waals surface area contributed by atoms with Gasteiger partial charge in [0.1, 0.15) is 0 Å². The Morgan fingerprint density at radius 1 is 1.14 bits per heavy atom. The van der Waals surface area contributed by atoms with E-state index in [4.69, 9.17) is 4.74 Å². The van der Waals surface area contributed by atoms with Gasteiger partial charge in [-0.15, -0.1) is 0 Å². The van der Waals surface area contributed by atoms with Crippen LogP contribution in [0.5, 0.6) is 0 Å². The van der Waals surface area contributed by atoms with Crippen LogP contribution in [0.15, 0.2) is 47.4 Å². The molecular formula is C16H19NO3S. The lowest BCUT2D eigenvalue weighted by Gasteiger charge is -2.22. The standard InChI is InChI=1S/C16H19NO3S/c1-13-12-17(10-5-11-20-13)21(18,19)16-9-4-7-14-6-2-3-8-15(14)16/h2-4,6-9,13H,5,10-12H2,1H3. The van der Waals surface area contributed by atoms with Gasteiger partial charge in [0.2, 0.25) is 10.0 Å². The summed E-state index contributed by atoms with van der Waals surface area (Å²) in [7, 11) is -3.49. The van der Waals surface area contributed by atoms with E-state index in [-0.39, 0.29) is 6.10 Å². The summed E-state index contributed by atoms with van der Waals surface area (Å²) in [5.41, 5.74) is 0. The number of fused-ring (bicyclic) bond motifs is 1. The minimum atomic E-state index is -3.49. The van der Waals surface area contributed by atoms with E-state index in [1.807, 2.05) is 37.3 Å². The molecule has 3 rings (SSSR count). The Labute approximate surface area is 125 Å². The lowest BCUT2D eigenvalue weighted by Crippen LogP contribution is -2.36. The number of rotatable bonds is 2. The average molecular weight is 305 g/mol. The van der Waals surface area contributed by atoms with Crippen molar-refractivity contribution >= 4 is 20.8 Å². The number of benzene rings is 2. The number of nitrogens with zero attached hydrogens (tertiary/aromatic N) is 1. The topological polar surface area (TPSA) is 46.6 Å². The average Bonchev–Trinajstić information content (AvgIpc) is 2.71. The predicted molar refractivity (Wildman–Crippen MR) is 82.7 cm³/mol. The molecule has 0 saturated carbocycles. The summed E-state index contributed by atoms with van der Waals surface area (Å²) in [5, 5.41) is 1.72. The van der Waals surface area contributed by atoms with E-state index in [0.29, 0.717) is 24.6 Å². The fourth-order valence-corrected chi connectivity index (χ4v) is 4.50. The maximum atomic E-state index is 13.0. The van der Waals surface area contributed by atoms with Crippen molar-refractivity contribution in [3.63, 3.8) is 0 Å². The zero-order valence-corrected chi connectivity index (χ0v) is 12.8. The van der Waals surface area contributed by atoms with Crippen molar-refractivity contribution < 1.29 is 13.2 Å². The Morgan fingerprint density at radius 3 is 2.76 bits per heavy atom. The van der Waals surface area contributed by atoms with Gasteiger partial charge in [-0.3, -0.25) is 0 Å². The molecule has 1 unspecified atom stereocenters. The molecule has 21 heavy (non-hydrogen) atoms. The van der Waals surface area contributed by atoms with Crippen molar-refractivity contribution in [3.05, 3.63) is 42.5 Å². The molecule has 2 aromatic rings. The number of sulfonamides is 1. The smallest absolute Gasteiger partial charge is 0.243 e. The number of hydrogen-bond donors (Lipinski definition) is 0. The summed E-state index contributed by atoms with van der Waals surface area (Å²) >= 11 is 0. The molecule has 112 valence electrons. The molecule has 0 aromatic heterocycles. The van der Waals surface area contributed by atoms with Crippen molar-refractivity contribution in [1.29, 1.82) is 0 Å². The van der Waals surface area contributed by atoms with Crippen molar-refractivity contribution in [1.82, 2.24) is 4.31 Å². The zero-order valence-electron chi connectivity index (χ0n) is 12.0. The maximum absolute atomic E-state index is 13.0. The normalized spacial score (nSPS) is 21.3. The molecule has 0 aliphatic carbocycles. The monoisotopic (exact) mass is 305 g/mol. The van der Waals surface area contributed by atoms with Crippen LogP contribution < -0.4 is 0 Å². The molecule has 5 heteroatoms. The summed E-state index contributed by atoms with van der Waals surface area (Å²) < 4.78 is 33.0. The third-order valence-electron chi connectivity index (χ3n) is 3.78. The van der Waals surface area contributed by atoms with Crippen LogP contribution in [0.25, 0.3) is 10.8 Å². The Bertz CT molecular complexity index is 737. The minimum Gasteiger partial charge on any atom is -0.377 e. The van der Waals surface area contributed by atoms with E-state index in [9.17, 15) is 8.42 Å². The summed E-state index contributed by atoms with van der Waals surface area (Å²) in [4.78, 5) is 0.384. The minimum absolute atomic E-state index is 0.0720. The molecule has 1 fully saturated rings. The highest BCUT2D eigenvalue weighted by Gasteiger charge is 2.28. The first-order valence-electron chi connectivity index (χ1n) is 7.18. The van der Waals surface area contributed by atoms with Gasteiger partial charge in [0, 0.05) is 25.1 Å². The molecule has 0 amide bonds. The summed E-state index contributed by atoms with van der Waals surface area (Å²) in [6.07, 6.45) is 0.659. The van der Waals surface area contributed by atoms with Gasteiger partial charge < -0.3 is 4.74 Å². The van der Waals surface area contributed by atoms with E-state index in [1.165, 1.54) is 0 Å². The van der Waals surface area contributed by atoms with Crippen molar-refractivity contribution in [3.8, 4) is 0 Å². The van der Waals surface area contributed by atoms with E-state index in [0.717, 1.165) is 17.2 Å². The van der Waals surface area contributed by atoms with Crippen LogP contribution in [0.3, 0.4) is 0 Å². The summed E-state index contributed by atoms with van der Waals surface area (Å²) in [6.45, 7) is 3.45. The van der Waals surface area contributed by atoms with E-state index < -0.39 is 10.0 Å². The Morgan fingerprint density at radius 2 is 1.90 bits per heavy atom. The number of ether oxygens (including phenoxy) is 1. The maximum Gasteiger partial charge on any atom is 0.243 e. The molecule has 0 spiro atoms. The van der Waals surface area contributed by atoms with Crippen LogP contribution in [-0.2, 0) is 14.8 Å². The molecule has 0 bridgehead atoms. The molecule has 1 heterocycles. The second kappa shape index (κ2) is 5.75. The quantitative estimate of drug-likeness (QED) is 0.857. The van der Waals surface area contributed by atoms with Gasteiger partial charge in [0.25, 0.3) is 0 Å². The largest absolute Gasteiger partial charge is 0.377 e. The third-order valence-corrected chi connectivity index (χ3v) is 5.71. The van der Waals surface area contributed by atoms with Gasteiger partial charge in [0.15, 0.2) is 0 Å². The van der Waals surface area contributed by atoms with E-state index >= 15 is 0 Å². The van der Waals surface area contributed by atoms with Gasteiger partial charge in [-0.25, -0.2) is 8.42 Å². The highest BCUT2D eigenvalue weighted by atomic mass is 32.2. The van der Waals surface area contributed by atoms with E-state index in [2.05, 4.69) is 0 Å². The zero-order chi connectivity index (χ0) is 14.9. The van der Waals surface area contributed by atoms with Gasteiger partial charge in [-0.2, -0.15) is 4.31 Å². The Kier molecular flexibility index (Phi) is 3.97. The van der Waals surface area contributed by atoms with Gasteiger partial charge >= 0.3 is 0 Å². The first-order valence-corrected chi connectivity index (χ1v) is 8.62. The van der Waals surface area contributed by atoms with Gasteiger partial charge in [-0.05, 0) is 24.8 Å². The predicted octanol–water partition coefficient (Wildman–Crippen LogP) is 2.64. The summed E-state index contributed by atoms with van der Waals surface area (Å²) in [5.74, 6) is 0. The molecule has 1 saturated heterocycles. The molecule has 0 N–H and O–H groups in total. The van der Waals surface area contributed by atoms with Crippen LogP contribution in [0.2, 0.25) is 0 Å². The van der Waals surface area contributed by atoms with Crippen LogP contribution in [0, 0.1) is 0 Å². The highest BCUT2D eigenvalue weighted by Crippen LogP contribution is 2.26. The second-order valence-electron chi connectivity index (χ2n) is 5.38. The highest BCUT2D eigenvalue weighted by molar-refractivity contribution is 7.89. The molecule has 4 nitrogen and oxygen atoms in total. The third kappa shape index (κ3) is 2.81. The molecule has 2 aromatic carbocycles. The fraction of sp³-hybridized carbons (Fsp3) is 0.375. The van der Waals surface area contributed by atoms with Crippen molar-refractivity contribution in [2.24, 2.45) is 0 Å². The molecule has 0 radical (unpaired) electrons. The first-order chi connectivity index (χ1) is 10.1. The Balaban J connectivity index is 2.07. The summed E-state index contributed by atoms with van der Waals surface area (Å²) in [6, 6.07) is 13.0. The van der Waals surface area contributed by atoms with Gasteiger partial charge in [0.05, 0.1) is 11.0 Å². The molecule has 1 aliphatic rings. The van der Waals surface area contributed by atoms with Crippen molar-refractivity contribution in [2.45, 2.75) is 24.3 Å². The SMILES string of the molecule is CC1CN(S(=O)(=O)c2cccc3ccccc23)CCCO1. The van der Waals surface area contributed by atoms with Crippen LogP contribution in [0.4, 0.5) is 0 Å². The second-order valence-corrected chi connectivity index (χ2v) is 7.28.